The average molecular weight is 404 g/mol. The lowest BCUT2D eigenvalue weighted by molar-refractivity contribution is 0.0698. The van der Waals surface area contributed by atoms with E-state index in [1.165, 1.54) is 20.3 Å². The minimum absolute atomic E-state index is 0.0243. The number of carbonyl (C=O) groups excluding carboxylic acids is 1. The molecule has 1 N–H and O–H groups in total. The number of nitrogens with one attached hydrogen (secondary N) is 1. The molecule has 2 aromatic rings. The highest BCUT2D eigenvalue weighted by molar-refractivity contribution is 6.00. The van der Waals surface area contributed by atoms with Crippen LogP contribution >= 0.6 is 0 Å². The van der Waals surface area contributed by atoms with Crippen LogP contribution in [0.3, 0.4) is 0 Å². The molecule has 29 heavy (non-hydrogen) atoms. The molecule has 1 aromatic heterocycles. The Bertz CT molecular complexity index is 993. The van der Waals surface area contributed by atoms with Crippen molar-refractivity contribution in [3.05, 3.63) is 34.2 Å². The van der Waals surface area contributed by atoms with E-state index in [9.17, 15) is 9.59 Å². The molecule has 0 aliphatic heterocycles. The largest absolute Gasteiger partial charge is 0.496 e. The van der Waals surface area contributed by atoms with Gasteiger partial charge in [-0.15, -0.1) is 0 Å². The third-order valence-electron chi connectivity index (χ3n) is 3.57. The zero-order chi connectivity index (χ0) is 22.0. The summed E-state index contributed by atoms with van der Waals surface area (Å²) >= 11 is 0. The molecule has 8 heteroatoms. The molecule has 0 atom stereocenters. The maximum Gasteiger partial charge on any atom is 0.353 e. The summed E-state index contributed by atoms with van der Waals surface area (Å²) < 4.78 is 21.2. The van der Waals surface area contributed by atoms with Crippen molar-refractivity contribution >= 4 is 23.0 Å². The van der Waals surface area contributed by atoms with E-state index < -0.39 is 22.7 Å². The molecular formula is C21H28N2O6. The number of carbonyl (C=O) groups is 1. The fraction of sp³-hybridized carbons (Fsp3) is 0.476. The van der Waals surface area contributed by atoms with Gasteiger partial charge in [-0.2, -0.15) is 0 Å². The molecule has 0 unspecified atom stereocenters. The van der Waals surface area contributed by atoms with Crippen molar-refractivity contribution in [3.8, 4) is 11.5 Å². The third-order valence-corrected chi connectivity index (χ3v) is 3.57. The standard InChI is InChI=1S/C21H28N2O6/c1-20(2,3)22-19(23-21(4,5)6)29-18(25)14-11-13-15(27-8)9-12(26-7)10-16(13)28-17(14)24/h9-11H,1-8H3,(H,22,23). The Kier molecular flexibility index (Phi) is 6.25. The predicted octanol–water partition coefficient (Wildman–Crippen LogP) is 3.51. The second kappa shape index (κ2) is 8.14. The number of fused-ring (bicyclic) bond motifs is 1. The van der Waals surface area contributed by atoms with E-state index in [1.54, 1.807) is 12.1 Å². The van der Waals surface area contributed by atoms with Crippen molar-refractivity contribution in [2.24, 2.45) is 4.99 Å². The van der Waals surface area contributed by atoms with E-state index in [0.717, 1.165) is 0 Å². The number of hydrogen-bond acceptors (Lipinski definition) is 7. The number of benzene rings is 1. The van der Waals surface area contributed by atoms with Crippen molar-refractivity contribution in [2.75, 3.05) is 14.2 Å². The number of hydrogen-bond donors (Lipinski definition) is 1. The molecule has 0 aliphatic rings. The van der Waals surface area contributed by atoms with Crippen molar-refractivity contribution in [1.29, 1.82) is 0 Å². The van der Waals surface area contributed by atoms with Crippen LogP contribution in [-0.2, 0) is 4.74 Å². The van der Waals surface area contributed by atoms with Gasteiger partial charge in [0, 0.05) is 17.7 Å². The number of amidine groups is 1. The van der Waals surface area contributed by atoms with Gasteiger partial charge in [-0.05, 0) is 47.6 Å². The molecule has 0 spiro atoms. The lowest BCUT2D eigenvalue weighted by atomic mass is 10.1. The van der Waals surface area contributed by atoms with Gasteiger partial charge in [-0.1, -0.05) is 0 Å². The molecule has 8 nitrogen and oxygen atoms in total. The van der Waals surface area contributed by atoms with E-state index in [0.29, 0.717) is 16.9 Å². The molecule has 0 fully saturated rings. The zero-order valence-corrected chi connectivity index (χ0v) is 18.1. The van der Waals surface area contributed by atoms with E-state index in [4.69, 9.17) is 18.6 Å². The first kappa shape index (κ1) is 22.3. The van der Waals surface area contributed by atoms with Gasteiger partial charge in [0.25, 0.3) is 6.02 Å². The molecule has 0 saturated carbocycles. The summed E-state index contributed by atoms with van der Waals surface area (Å²) in [6.07, 6.45) is 0. The topological polar surface area (TPSA) is 99.4 Å². The number of aliphatic imine (C=N–C) groups is 1. The third kappa shape index (κ3) is 5.97. The van der Waals surface area contributed by atoms with Gasteiger partial charge in [-0.3, -0.25) is 0 Å². The monoisotopic (exact) mass is 404 g/mol. The highest BCUT2D eigenvalue weighted by atomic mass is 16.6. The molecular weight excluding hydrogens is 376 g/mol. The number of esters is 1. The van der Waals surface area contributed by atoms with Crippen LogP contribution in [-0.4, -0.2) is 37.3 Å². The lowest BCUT2D eigenvalue weighted by Gasteiger charge is -2.24. The zero-order valence-electron chi connectivity index (χ0n) is 18.1. The molecule has 1 aromatic carbocycles. The number of methoxy groups -OCH3 is 2. The Morgan fingerprint density at radius 1 is 1.03 bits per heavy atom. The summed E-state index contributed by atoms with van der Waals surface area (Å²) in [6, 6.07) is 4.58. The van der Waals surface area contributed by atoms with Gasteiger partial charge >= 0.3 is 11.6 Å². The first-order chi connectivity index (χ1) is 13.3. The van der Waals surface area contributed by atoms with Crippen molar-refractivity contribution in [2.45, 2.75) is 52.6 Å². The van der Waals surface area contributed by atoms with Gasteiger partial charge in [0.05, 0.1) is 25.1 Å². The van der Waals surface area contributed by atoms with Crippen molar-refractivity contribution < 1.29 is 23.4 Å². The quantitative estimate of drug-likeness (QED) is 0.362. The predicted molar refractivity (Wildman–Crippen MR) is 111 cm³/mol. The van der Waals surface area contributed by atoms with Crippen LogP contribution in [0.1, 0.15) is 51.9 Å². The van der Waals surface area contributed by atoms with Gasteiger partial charge in [0.1, 0.15) is 22.6 Å². The summed E-state index contributed by atoms with van der Waals surface area (Å²) in [7, 11) is 2.96. The van der Waals surface area contributed by atoms with Crippen LogP contribution in [0.2, 0.25) is 0 Å². The van der Waals surface area contributed by atoms with Gasteiger partial charge < -0.3 is 23.9 Å². The minimum Gasteiger partial charge on any atom is -0.496 e. The van der Waals surface area contributed by atoms with Crippen LogP contribution < -0.4 is 20.4 Å². The highest BCUT2D eigenvalue weighted by Crippen LogP contribution is 2.31. The molecule has 0 bridgehead atoms. The van der Waals surface area contributed by atoms with Crippen LogP contribution in [0, 0.1) is 0 Å². The van der Waals surface area contributed by atoms with Crippen LogP contribution in [0.15, 0.2) is 32.4 Å². The fourth-order valence-electron chi connectivity index (χ4n) is 2.44. The van der Waals surface area contributed by atoms with E-state index >= 15 is 0 Å². The van der Waals surface area contributed by atoms with E-state index in [-0.39, 0.29) is 17.2 Å². The van der Waals surface area contributed by atoms with E-state index in [1.807, 2.05) is 41.5 Å². The van der Waals surface area contributed by atoms with Crippen LogP contribution in [0.25, 0.3) is 11.0 Å². The van der Waals surface area contributed by atoms with Crippen molar-refractivity contribution in [3.63, 3.8) is 0 Å². The van der Waals surface area contributed by atoms with Gasteiger partial charge in [0.15, 0.2) is 0 Å². The molecule has 0 saturated heterocycles. The summed E-state index contributed by atoms with van der Waals surface area (Å²) in [4.78, 5) is 29.6. The minimum atomic E-state index is -0.877. The molecule has 2 rings (SSSR count). The van der Waals surface area contributed by atoms with Gasteiger partial charge in [0.2, 0.25) is 0 Å². The Labute approximate surface area is 169 Å². The maximum atomic E-state index is 12.7. The first-order valence-electron chi connectivity index (χ1n) is 9.13. The maximum absolute atomic E-state index is 12.7. The summed E-state index contributed by atoms with van der Waals surface area (Å²) in [5.74, 6) is -0.0198. The molecule has 158 valence electrons. The lowest BCUT2D eigenvalue weighted by Crippen LogP contribution is -2.44. The molecule has 0 radical (unpaired) electrons. The van der Waals surface area contributed by atoms with E-state index in [2.05, 4.69) is 10.3 Å². The van der Waals surface area contributed by atoms with Crippen LogP contribution in [0.4, 0.5) is 0 Å². The normalized spacial score (nSPS) is 12.6. The first-order valence-corrected chi connectivity index (χ1v) is 9.13. The Morgan fingerprint density at radius 3 is 2.21 bits per heavy atom. The van der Waals surface area contributed by atoms with Gasteiger partial charge in [-0.25, -0.2) is 14.6 Å². The number of ether oxygens (including phenoxy) is 3. The Balaban J connectivity index is 2.49. The Hall–Kier alpha value is -3.03. The second-order valence-corrected chi connectivity index (χ2v) is 8.54. The molecule has 0 amide bonds. The van der Waals surface area contributed by atoms with Crippen molar-refractivity contribution in [1.82, 2.24) is 5.32 Å². The van der Waals surface area contributed by atoms with Crippen LogP contribution in [0.5, 0.6) is 11.5 Å². The second-order valence-electron chi connectivity index (χ2n) is 8.54. The number of rotatable bonds is 3. The fourth-order valence-corrected chi connectivity index (χ4v) is 2.44. The summed E-state index contributed by atoms with van der Waals surface area (Å²) in [5, 5.41) is 3.48. The average Bonchev–Trinajstić information content (AvgIpc) is 2.56. The highest BCUT2D eigenvalue weighted by Gasteiger charge is 2.23. The molecule has 1 heterocycles. The smallest absolute Gasteiger partial charge is 0.353 e. The summed E-state index contributed by atoms with van der Waals surface area (Å²) in [5.41, 5.74) is -1.76. The summed E-state index contributed by atoms with van der Waals surface area (Å²) in [6.45, 7) is 11.3. The Morgan fingerprint density at radius 2 is 1.69 bits per heavy atom. The molecule has 0 aliphatic carbocycles. The number of nitrogens with zero attached hydrogens (tertiary/aromatic N) is 1. The SMILES string of the molecule is COc1cc(OC)c2cc(C(=O)OC(=NC(C)(C)C)NC(C)(C)C)c(=O)oc2c1.